The zero-order valence-corrected chi connectivity index (χ0v) is 11.5. The molecule has 0 bridgehead atoms. The summed E-state index contributed by atoms with van der Waals surface area (Å²) in [5.74, 6) is 7.49. The molecule has 98 valence electrons. The third-order valence-electron chi connectivity index (χ3n) is 2.21. The van der Waals surface area contributed by atoms with E-state index in [2.05, 4.69) is 11.8 Å². The first-order valence-corrected chi connectivity index (χ1v) is 6.75. The first-order chi connectivity index (χ1) is 8.86. The van der Waals surface area contributed by atoms with Gasteiger partial charge in [0.1, 0.15) is 5.75 Å². The zero-order chi connectivity index (χ0) is 13.1. The van der Waals surface area contributed by atoms with Gasteiger partial charge in [-0.25, -0.2) is 0 Å². The van der Waals surface area contributed by atoms with Gasteiger partial charge in [-0.3, -0.25) is 0 Å². The number of halogens is 1. The van der Waals surface area contributed by atoms with Crippen molar-refractivity contribution in [3.8, 4) is 17.6 Å². The summed E-state index contributed by atoms with van der Waals surface area (Å²) in [6, 6.07) is 7.79. The van der Waals surface area contributed by atoms with Crippen LogP contribution in [-0.4, -0.2) is 25.7 Å². The fourth-order valence-electron chi connectivity index (χ4n) is 1.34. The molecule has 0 radical (unpaired) electrons. The number of rotatable bonds is 7. The molecule has 1 aromatic rings. The van der Waals surface area contributed by atoms with Crippen molar-refractivity contribution in [2.24, 2.45) is 0 Å². The molecular formula is C15H19ClO2. The standard InChI is InChI=1S/C15H19ClO2/c1-2-17-12-5-13-18-15-9-7-14(8-10-15)6-3-4-11-16/h7-10H,2,4-5,11-13H2,1H3. The predicted octanol–water partition coefficient (Wildman–Crippen LogP) is 3.47. The highest BCUT2D eigenvalue weighted by atomic mass is 35.5. The molecule has 2 nitrogen and oxygen atoms in total. The Morgan fingerprint density at radius 1 is 1.17 bits per heavy atom. The fraction of sp³-hybridized carbons (Fsp3) is 0.467. The maximum absolute atomic E-state index is 5.58. The van der Waals surface area contributed by atoms with Crippen LogP contribution in [0.5, 0.6) is 5.75 Å². The summed E-state index contributed by atoms with van der Waals surface area (Å²) in [7, 11) is 0. The van der Waals surface area contributed by atoms with Gasteiger partial charge in [0.05, 0.1) is 6.61 Å². The summed E-state index contributed by atoms with van der Waals surface area (Å²) in [6.45, 7) is 4.18. The third-order valence-corrected chi connectivity index (χ3v) is 2.40. The Bertz CT molecular complexity index is 376. The van der Waals surface area contributed by atoms with Crippen LogP contribution in [0.4, 0.5) is 0 Å². The van der Waals surface area contributed by atoms with Crippen molar-refractivity contribution in [2.75, 3.05) is 25.7 Å². The molecular weight excluding hydrogens is 248 g/mol. The first-order valence-electron chi connectivity index (χ1n) is 6.22. The van der Waals surface area contributed by atoms with Gasteiger partial charge >= 0.3 is 0 Å². The summed E-state index contributed by atoms with van der Waals surface area (Å²) in [5, 5.41) is 0. The highest BCUT2D eigenvalue weighted by molar-refractivity contribution is 6.18. The van der Waals surface area contributed by atoms with E-state index in [0.717, 1.165) is 37.4 Å². The maximum Gasteiger partial charge on any atom is 0.119 e. The number of benzene rings is 1. The largest absolute Gasteiger partial charge is 0.494 e. The molecule has 0 aromatic heterocycles. The van der Waals surface area contributed by atoms with Gasteiger partial charge in [0.2, 0.25) is 0 Å². The Kier molecular flexibility index (Phi) is 8.12. The molecule has 0 unspecified atom stereocenters. The van der Waals surface area contributed by atoms with Crippen molar-refractivity contribution >= 4 is 11.6 Å². The number of ether oxygens (including phenoxy) is 2. The molecule has 0 saturated carbocycles. The Morgan fingerprint density at radius 3 is 2.61 bits per heavy atom. The Hall–Kier alpha value is -1.17. The maximum atomic E-state index is 5.58. The molecule has 0 aliphatic rings. The molecule has 0 saturated heterocycles. The Balaban J connectivity index is 2.30. The number of hydrogen-bond acceptors (Lipinski definition) is 2. The monoisotopic (exact) mass is 266 g/mol. The Labute approximate surface area is 114 Å². The van der Waals surface area contributed by atoms with Crippen molar-refractivity contribution in [1.82, 2.24) is 0 Å². The average Bonchev–Trinajstić information content (AvgIpc) is 2.40. The van der Waals surface area contributed by atoms with Crippen LogP contribution in [0, 0.1) is 11.8 Å². The van der Waals surface area contributed by atoms with Crippen LogP contribution in [-0.2, 0) is 4.74 Å². The summed E-state index contributed by atoms with van der Waals surface area (Å²) in [6.07, 6.45) is 1.63. The van der Waals surface area contributed by atoms with E-state index in [1.54, 1.807) is 0 Å². The molecule has 0 aliphatic heterocycles. The predicted molar refractivity (Wildman–Crippen MR) is 75.3 cm³/mol. The van der Waals surface area contributed by atoms with Crippen LogP contribution in [0.25, 0.3) is 0 Å². The van der Waals surface area contributed by atoms with E-state index in [9.17, 15) is 0 Å². The molecule has 0 spiro atoms. The van der Waals surface area contributed by atoms with Crippen molar-refractivity contribution in [2.45, 2.75) is 19.8 Å². The van der Waals surface area contributed by atoms with E-state index < -0.39 is 0 Å². The molecule has 3 heteroatoms. The van der Waals surface area contributed by atoms with E-state index in [1.165, 1.54) is 0 Å². The minimum absolute atomic E-state index is 0.577. The SMILES string of the molecule is CCOCCCOc1ccc(C#CCCCl)cc1. The molecule has 0 atom stereocenters. The second kappa shape index (κ2) is 9.82. The van der Waals surface area contributed by atoms with Crippen LogP contribution in [0.15, 0.2) is 24.3 Å². The lowest BCUT2D eigenvalue weighted by Gasteiger charge is -2.05. The quantitative estimate of drug-likeness (QED) is 0.427. The fourth-order valence-corrected chi connectivity index (χ4v) is 1.44. The van der Waals surface area contributed by atoms with Crippen molar-refractivity contribution in [3.05, 3.63) is 29.8 Å². The van der Waals surface area contributed by atoms with Gasteiger partial charge in [-0.2, -0.15) is 0 Å². The van der Waals surface area contributed by atoms with E-state index in [-0.39, 0.29) is 0 Å². The van der Waals surface area contributed by atoms with Gasteiger partial charge in [-0.05, 0) is 31.2 Å². The summed E-state index contributed by atoms with van der Waals surface area (Å²) >= 11 is 5.55. The number of alkyl halides is 1. The van der Waals surface area contributed by atoms with E-state index in [1.807, 2.05) is 31.2 Å². The van der Waals surface area contributed by atoms with Crippen LogP contribution in [0.1, 0.15) is 25.3 Å². The van der Waals surface area contributed by atoms with Gasteiger partial charge in [0, 0.05) is 37.5 Å². The van der Waals surface area contributed by atoms with Gasteiger partial charge < -0.3 is 9.47 Å². The normalized spacial score (nSPS) is 9.67. The topological polar surface area (TPSA) is 18.5 Å². The van der Waals surface area contributed by atoms with E-state index in [4.69, 9.17) is 21.1 Å². The number of hydrogen-bond donors (Lipinski definition) is 0. The lowest BCUT2D eigenvalue weighted by molar-refractivity contribution is 0.131. The molecule has 0 heterocycles. The van der Waals surface area contributed by atoms with Crippen LogP contribution >= 0.6 is 11.6 Å². The minimum Gasteiger partial charge on any atom is -0.494 e. The van der Waals surface area contributed by atoms with Crippen molar-refractivity contribution in [3.63, 3.8) is 0 Å². The van der Waals surface area contributed by atoms with Crippen LogP contribution < -0.4 is 4.74 Å². The lowest BCUT2D eigenvalue weighted by atomic mass is 10.2. The van der Waals surface area contributed by atoms with Crippen LogP contribution in [0.3, 0.4) is 0 Å². The molecule has 0 aliphatic carbocycles. The molecule has 0 amide bonds. The molecule has 1 rings (SSSR count). The summed E-state index contributed by atoms with van der Waals surface area (Å²) < 4.78 is 10.8. The van der Waals surface area contributed by atoms with Crippen LogP contribution in [0.2, 0.25) is 0 Å². The van der Waals surface area contributed by atoms with E-state index >= 15 is 0 Å². The molecule has 18 heavy (non-hydrogen) atoms. The van der Waals surface area contributed by atoms with Gasteiger partial charge in [-0.1, -0.05) is 11.8 Å². The zero-order valence-electron chi connectivity index (χ0n) is 10.7. The van der Waals surface area contributed by atoms with Gasteiger partial charge in [-0.15, -0.1) is 11.6 Å². The van der Waals surface area contributed by atoms with Gasteiger partial charge in [0.15, 0.2) is 0 Å². The first kappa shape index (κ1) is 14.9. The van der Waals surface area contributed by atoms with Gasteiger partial charge in [0.25, 0.3) is 0 Å². The molecule has 1 aromatic carbocycles. The lowest BCUT2D eigenvalue weighted by Crippen LogP contribution is -2.02. The molecule has 0 fully saturated rings. The smallest absolute Gasteiger partial charge is 0.119 e. The van der Waals surface area contributed by atoms with Crippen molar-refractivity contribution < 1.29 is 9.47 Å². The van der Waals surface area contributed by atoms with Crippen molar-refractivity contribution in [1.29, 1.82) is 0 Å². The highest BCUT2D eigenvalue weighted by Gasteiger charge is 1.94. The summed E-state index contributed by atoms with van der Waals surface area (Å²) in [4.78, 5) is 0. The van der Waals surface area contributed by atoms with E-state index in [0.29, 0.717) is 12.5 Å². The molecule has 0 N–H and O–H groups in total. The second-order valence-corrected chi connectivity index (χ2v) is 4.04. The second-order valence-electron chi connectivity index (χ2n) is 3.66. The minimum atomic E-state index is 0.577. The third kappa shape index (κ3) is 6.54. The highest BCUT2D eigenvalue weighted by Crippen LogP contribution is 2.11. The summed E-state index contributed by atoms with van der Waals surface area (Å²) in [5.41, 5.74) is 0.988. The average molecular weight is 267 g/mol. The Morgan fingerprint density at radius 2 is 1.94 bits per heavy atom.